The minimum atomic E-state index is -0.406. The number of hydrogen-bond acceptors (Lipinski definition) is 5. The number of rotatable bonds is 7. The molecule has 1 heterocycles. The summed E-state index contributed by atoms with van der Waals surface area (Å²) in [5, 5.41) is 2.89. The maximum Gasteiger partial charge on any atom is 0.340 e. The smallest absolute Gasteiger partial charge is 0.340 e. The van der Waals surface area contributed by atoms with Gasteiger partial charge in [0.1, 0.15) is 5.75 Å². The molecular formula is C19H19NO4S. The van der Waals surface area contributed by atoms with Gasteiger partial charge in [0.25, 0.3) is 0 Å². The van der Waals surface area contributed by atoms with Gasteiger partial charge in [-0.3, -0.25) is 4.79 Å². The lowest BCUT2D eigenvalue weighted by molar-refractivity contribution is -0.118. The predicted octanol–water partition coefficient (Wildman–Crippen LogP) is 2.96. The fraction of sp³-hybridized carbons (Fsp3) is 0.263. The number of benzene rings is 2. The van der Waals surface area contributed by atoms with Gasteiger partial charge in [-0.1, -0.05) is 30.3 Å². The molecule has 1 atom stereocenters. The lowest BCUT2D eigenvalue weighted by atomic mass is 10.1. The summed E-state index contributed by atoms with van der Waals surface area (Å²) < 4.78 is 10.4. The van der Waals surface area contributed by atoms with Crippen molar-refractivity contribution >= 4 is 23.6 Å². The molecule has 1 amide bonds. The third-order valence-electron chi connectivity index (χ3n) is 3.91. The van der Waals surface area contributed by atoms with Crippen LogP contribution in [0.3, 0.4) is 0 Å². The van der Waals surface area contributed by atoms with E-state index in [4.69, 9.17) is 9.47 Å². The number of amides is 1. The highest BCUT2D eigenvalue weighted by Crippen LogP contribution is 2.38. The summed E-state index contributed by atoms with van der Waals surface area (Å²) in [7, 11) is 1.63. The molecule has 2 aromatic rings. The molecule has 0 saturated carbocycles. The average Bonchev–Trinajstić information content (AvgIpc) is 2.97. The van der Waals surface area contributed by atoms with Crippen molar-refractivity contribution in [1.29, 1.82) is 0 Å². The number of carbonyl (C=O) groups is 2. The lowest BCUT2D eigenvalue weighted by Crippen LogP contribution is -2.27. The van der Waals surface area contributed by atoms with Crippen LogP contribution in [0.1, 0.15) is 26.9 Å². The van der Waals surface area contributed by atoms with Gasteiger partial charge in [-0.2, -0.15) is 0 Å². The second kappa shape index (κ2) is 8.07. The summed E-state index contributed by atoms with van der Waals surface area (Å²) in [5.41, 5.74) is 2.15. The van der Waals surface area contributed by atoms with Crippen molar-refractivity contribution in [2.45, 2.75) is 11.9 Å². The minimum absolute atomic E-state index is 0.0704. The van der Waals surface area contributed by atoms with Crippen molar-refractivity contribution < 1.29 is 19.1 Å². The molecule has 0 aromatic heterocycles. The largest absolute Gasteiger partial charge is 0.497 e. The zero-order chi connectivity index (χ0) is 17.6. The Bertz CT molecular complexity index is 760. The molecule has 130 valence electrons. The highest BCUT2D eigenvalue weighted by molar-refractivity contribution is 8.00. The highest BCUT2D eigenvalue weighted by Gasteiger charge is 2.31. The molecular weight excluding hydrogens is 338 g/mol. The van der Waals surface area contributed by atoms with Crippen molar-refractivity contribution in [3.63, 3.8) is 0 Å². The first kappa shape index (κ1) is 17.4. The molecule has 25 heavy (non-hydrogen) atoms. The quantitative estimate of drug-likeness (QED) is 0.772. The third-order valence-corrected chi connectivity index (χ3v) is 4.99. The number of methoxy groups -OCH3 is 1. The summed E-state index contributed by atoms with van der Waals surface area (Å²) in [6, 6.07) is 15.0. The number of nitrogens with one attached hydrogen (secondary N) is 1. The first-order chi connectivity index (χ1) is 12.2. The molecule has 0 radical (unpaired) electrons. The van der Waals surface area contributed by atoms with E-state index < -0.39 is 5.44 Å². The van der Waals surface area contributed by atoms with Gasteiger partial charge in [0, 0.05) is 12.1 Å². The number of cyclic esters (lactones) is 1. The van der Waals surface area contributed by atoms with E-state index in [-0.39, 0.29) is 17.6 Å². The molecule has 0 aliphatic carbocycles. The maximum atomic E-state index is 12.0. The Morgan fingerprint density at radius 2 is 1.96 bits per heavy atom. The van der Waals surface area contributed by atoms with E-state index in [2.05, 4.69) is 5.32 Å². The molecule has 0 saturated heterocycles. The van der Waals surface area contributed by atoms with E-state index in [1.54, 1.807) is 19.2 Å². The van der Waals surface area contributed by atoms with Crippen LogP contribution in [0.5, 0.6) is 5.75 Å². The van der Waals surface area contributed by atoms with Crippen LogP contribution in [-0.2, 0) is 16.0 Å². The second-order valence-corrected chi connectivity index (χ2v) is 6.63. The van der Waals surface area contributed by atoms with E-state index in [1.807, 2.05) is 36.4 Å². The number of thioether (sulfide) groups is 1. The zero-order valence-corrected chi connectivity index (χ0v) is 14.7. The topological polar surface area (TPSA) is 64.6 Å². The fourth-order valence-corrected chi connectivity index (χ4v) is 3.52. The monoisotopic (exact) mass is 357 g/mol. The van der Waals surface area contributed by atoms with Gasteiger partial charge >= 0.3 is 5.97 Å². The van der Waals surface area contributed by atoms with Gasteiger partial charge in [-0.15, -0.1) is 11.8 Å². The van der Waals surface area contributed by atoms with Gasteiger partial charge in [0.05, 0.1) is 18.4 Å². The molecule has 3 rings (SSSR count). The number of fused-ring (bicyclic) bond motifs is 1. The second-order valence-electron chi connectivity index (χ2n) is 5.58. The Morgan fingerprint density at radius 1 is 1.20 bits per heavy atom. The molecule has 1 aliphatic heterocycles. The average molecular weight is 357 g/mol. The van der Waals surface area contributed by atoms with Crippen molar-refractivity contribution in [2.24, 2.45) is 0 Å². The van der Waals surface area contributed by atoms with Gasteiger partial charge in [0.15, 0.2) is 5.44 Å². The van der Waals surface area contributed by atoms with Crippen LogP contribution >= 0.6 is 11.8 Å². The van der Waals surface area contributed by atoms with Crippen molar-refractivity contribution in [2.75, 3.05) is 19.4 Å². The SMILES string of the molecule is COc1ccc(CCNC(=O)CSC2OC(=O)c3ccccc32)cc1. The van der Waals surface area contributed by atoms with Gasteiger partial charge in [0.2, 0.25) is 5.91 Å². The summed E-state index contributed by atoms with van der Waals surface area (Å²) in [4.78, 5) is 23.7. The molecule has 1 N–H and O–H groups in total. The Hall–Kier alpha value is -2.47. The van der Waals surface area contributed by atoms with Crippen LogP contribution in [-0.4, -0.2) is 31.3 Å². The molecule has 0 fully saturated rings. The molecule has 0 spiro atoms. The molecule has 1 unspecified atom stereocenters. The summed E-state index contributed by atoms with van der Waals surface area (Å²) in [5.74, 6) is 0.664. The zero-order valence-electron chi connectivity index (χ0n) is 13.9. The standard InChI is InChI=1S/C19H19NO4S/c1-23-14-8-6-13(7-9-14)10-11-20-17(21)12-25-19-16-5-3-2-4-15(16)18(22)24-19/h2-9,19H,10-12H2,1H3,(H,20,21). The predicted molar refractivity (Wildman–Crippen MR) is 96.8 cm³/mol. The van der Waals surface area contributed by atoms with Crippen LogP contribution in [0, 0.1) is 0 Å². The summed E-state index contributed by atoms with van der Waals surface area (Å²) >= 11 is 1.32. The van der Waals surface area contributed by atoms with Crippen LogP contribution in [0.25, 0.3) is 0 Å². The highest BCUT2D eigenvalue weighted by atomic mass is 32.2. The van der Waals surface area contributed by atoms with Crippen molar-refractivity contribution in [3.8, 4) is 5.75 Å². The lowest BCUT2D eigenvalue weighted by Gasteiger charge is -2.10. The number of ether oxygens (including phenoxy) is 2. The first-order valence-electron chi connectivity index (χ1n) is 7.98. The van der Waals surface area contributed by atoms with Gasteiger partial charge in [-0.05, 0) is 30.2 Å². The summed E-state index contributed by atoms with van der Waals surface area (Å²) in [6.07, 6.45) is 0.752. The molecule has 2 aromatic carbocycles. The summed E-state index contributed by atoms with van der Waals surface area (Å²) in [6.45, 7) is 0.562. The van der Waals surface area contributed by atoms with Gasteiger partial charge in [-0.25, -0.2) is 4.79 Å². The van der Waals surface area contributed by atoms with E-state index in [0.717, 1.165) is 23.3 Å². The van der Waals surface area contributed by atoms with Crippen molar-refractivity contribution in [3.05, 3.63) is 65.2 Å². The minimum Gasteiger partial charge on any atom is -0.497 e. The number of hydrogen-bond donors (Lipinski definition) is 1. The Balaban J connectivity index is 1.42. The number of carbonyl (C=O) groups excluding carboxylic acids is 2. The maximum absolute atomic E-state index is 12.0. The normalized spacial score (nSPS) is 15.4. The number of esters is 1. The van der Waals surface area contributed by atoms with E-state index in [9.17, 15) is 9.59 Å². The van der Waals surface area contributed by atoms with Gasteiger partial charge < -0.3 is 14.8 Å². The van der Waals surface area contributed by atoms with Crippen LogP contribution in [0.2, 0.25) is 0 Å². The van der Waals surface area contributed by atoms with E-state index in [1.165, 1.54) is 11.8 Å². The van der Waals surface area contributed by atoms with Crippen LogP contribution in [0.15, 0.2) is 48.5 Å². The first-order valence-corrected chi connectivity index (χ1v) is 9.03. The molecule has 6 heteroatoms. The van der Waals surface area contributed by atoms with E-state index in [0.29, 0.717) is 12.1 Å². The molecule has 0 bridgehead atoms. The third kappa shape index (κ3) is 4.33. The Morgan fingerprint density at radius 3 is 2.72 bits per heavy atom. The molecule has 5 nitrogen and oxygen atoms in total. The Labute approximate surface area is 150 Å². The molecule has 1 aliphatic rings. The van der Waals surface area contributed by atoms with Crippen molar-refractivity contribution in [1.82, 2.24) is 5.32 Å². The van der Waals surface area contributed by atoms with Crippen LogP contribution < -0.4 is 10.1 Å². The van der Waals surface area contributed by atoms with Crippen LogP contribution in [0.4, 0.5) is 0 Å². The van der Waals surface area contributed by atoms with E-state index >= 15 is 0 Å². The Kier molecular flexibility index (Phi) is 5.60. The fourth-order valence-electron chi connectivity index (χ4n) is 2.58.